The second-order valence-electron chi connectivity index (χ2n) is 6.48. The maximum Gasteiger partial charge on any atom is 0.573 e. The standard InChI is InChI=1S/C20H17F3N2O4S/c1-3-14(18(27)28)25-15-9-8-13(29-20(21,22)23)10-16(15)30-19(25)24-17(26)12-6-4-11(2)5-7-12/h4-10,14H,3H2,1-2H3,(H,27,28). The van der Waals surface area contributed by atoms with Crippen LogP contribution in [0.5, 0.6) is 5.75 Å². The van der Waals surface area contributed by atoms with E-state index in [0.29, 0.717) is 15.8 Å². The fraction of sp³-hybridized carbons (Fsp3) is 0.250. The van der Waals surface area contributed by atoms with Gasteiger partial charge < -0.3 is 14.4 Å². The van der Waals surface area contributed by atoms with E-state index in [4.69, 9.17) is 0 Å². The molecule has 158 valence electrons. The van der Waals surface area contributed by atoms with Crippen molar-refractivity contribution in [3.05, 3.63) is 58.4 Å². The number of thiazole rings is 1. The largest absolute Gasteiger partial charge is 0.573 e. The van der Waals surface area contributed by atoms with Crippen molar-refractivity contribution in [1.29, 1.82) is 0 Å². The Balaban J connectivity index is 2.18. The highest BCUT2D eigenvalue weighted by atomic mass is 32.1. The molecule has 6 nitrogen and oxygen atoms in total. The van der Waals surface area contributed by atoms with Crippen LogP contribution in [0.2, 0.25) is 0 Å². The molecule has 0 aliphatic carbocycles. The van der Waals surface area contributed by atoms with E-state index in [2.05, 4.69) is 9.73 Å². The number of benzene rings is 2. The summed E-state index contributed by atoms with van der Waals surface area (Å²) >= 11 is 0.916. The molecule has 1 atom stereocenters. The number of nitrogens with zero attached hydrogens (tertiary/aromatic N) is 2. The average Bonchev–Trinajstić information content (AvgIpc) is 2.98. The van der Waals surface area contributed by atoms with Crippen molar-refractivity contribution in [1.82, 2.24) is 4.57 Å². The molecular weight excluding hydrogens is 421 g/mol. The summed E-state index contributed by atoms with van der Waals surface area (Å²) in [6.45, 7) is 3.52. The number of carboxylic acid groups (broad SMARTS) is 1. The molecule has 0 saturated heterocycles. The second kappa shape index (κ2) is 8.31. The number of aliphatic carboxylic acids is 1. The number of carbonyl (C=O) groups is 2. The molecular formula is C20H17F3N2O4S. The number of amides is 1. The zero-order chi connectivity index (χ0) is 22.1. The minimum Gasteiger partial charge on any atom is -0.480 e. The summed E-state index contributed by atoms with van der Waals surface area (Å²) in [6.07, 6.45) is -4.67. The maximum absolute atomic E-state index is 12.6. The fourth-order valence-electron chi connectivity index (χ4n) is 2.92. The average molecular weight is 438 g/mol. The number of aromatic nitrogens is 1. The minimum absolute atomic E-state index is 0.0778. The summed E-state index contributed by atoms with van der Waals surface area (Å²) in [5.41, 5.74) is 1.62. The first kappa shape index (κ1) is 21.6. The van der Waals surface area contributed by atoms with E-state index in [1.54, 1.807) is 31.2 Å². The van der Waals surface area contributed by atoms with Gasteiger partial charge in [-0.3, -0.25) is 4.79 Å². The second-order valence-corrected chi connectivity index (χ2v) is 7.49. The van der Waals surface area contributed by atoms with Crippen molar-refractivity contribution < 1.29 is 32.6 Å². The first-order chi connectivity index (χ1) is 14.1. The number of rotatable bonds is 5. The Kier molecular flexibility index (Phi) is 5.97. The van der Waals surface area contributed by atoms with E-state index >= 15 is 0 Å². The van der Waals surface area contributed by atoms with Gasteiger partial charge in [-0.2, -0.15) is 4.99 Å². The molecule has 3 aromatic rings. The molecule has 3 rings (SSSR count). The Hall–Kier alpha value is -3.14. The Bertz CT molecular complexity index is 1160. The van der Waals surface area contributed by atoms with E-state index in [9.17, 15) is 27.9 Å². The van der Waals surface area contributed by atoms with E-state index in [1.165, 1.54) is 10.6 Å². The molecule has 0 fully saturated rings. The maximum atomic E-state index is 12.6. The Labute approximate surface area is 172 Å². The van der Waals surface area contributed by atoms with Crippen LogP contribution in [0.1, 0.15) is 35.3 Å². The van der Waals surface area contributed by atoms with Gasteiger partial charge in [0.2, 0.25) is 0 Å². The highest BCUT2D eigenvalue weighted by Crippen LogP contribution is 2.29. The van der Waals surface area contributed by atoms with Gasteiger partial charge in [0.1, 0.15) is 11.8 Å². The van der Waals surface area contributed by atoms with Crippen molar-refractivity contribution in [2.24, 2.45) is 4.99 Å². The lowest BCUT2D eigenvalue weighted by Gasteiger charge is -2.14. The normalized spacial score (nSPS) is 13.4. The number of carboxylic acids is 1. The number of hydrogen-bond donors (Lipinski definition) is 1. The smallest absolute Gasteiger partial charge is 0.480 e. The molecule has 0 saturated carbocycles. The first-order valence-electron chi connectivity index (χ1n) is 8.88. The van der Waals surface area contributed by atoms with Crippen LogP contribution >= 0.6 is 11.3 Å². The summed E-state index contributed by atoms with van der Waals surface area (Å²) in [4.78, 5) is 28.5. The van der Waals surface area contributed by atoms with E-state index < -0.39 is 30.0 Å². The summed E-state index contributed by atoms with van der Waals surface area (Å²) in [7, 11) is 0. The highest BCUT2D eigenvalue weighted by Gasteiger charge is 2.31. The van der Waals surface area contributed by atoms with Crippen molar-refractivity contribution in [2.45, 2.75) is 32.7 Å². The molecule has 1 amide bonds. The van der Waals surface area contributed by atoms with E-state index in [1.807, 2.05) is 6.92 Å². The van der Waals surface area contributed by atoms with Crippen LogP contribution in [-0.2, 0) is 4.79 Å². The van der Waals surface area contributed by atoms with Gasteiger partial charge in [0.05, 0.1) is 10.2 Å². The molecule has 0 spiro atoms. The van der Waals surface area contributed by atoms with Gasteiger partial charge in [-0.25, -0.2) is 4.79 Å². The number of alkyl halides is 3. The lowest BCUT2D eigenvalue weighted by atomic mass is 10.1. The van der Waals surface area contributed by atoms with Gasteiger partial charge in [0, 0.05) is 5.56 Å². The van der Waals surface area contributed by atoms with Crippen LogP contribution in [0.25, 0.3) is 10.2 Å². The molecule has 1 unspecified atom stereocenters. The number of halogens is 3. The SMILES string of the molecule is CCC(C(=O)O)n1c(=NC(=O)c2ccc(C)cc2)sc2cc(OC(F)(F)F)ccc21. The molecule has 10 heteroatoms. The molecule has 1 heterocycles. The lowest BCUT2D eigenvalue weighted by molar-refractivity contribution is -0.274. The summed E-state index contributed by atoms with van der Waals surface area (Å²) < 4.78 is 43.2. The fourth-order valence-corrected chi connectivity index (χ4v) is 4.01. The van der Waals surface area contributed by atoms with Crippen LogP contribution in [-0.4, -0.2) is 27.9 Å². The predicted molar refractivity (Wildman–Crippen MR) is 105 cm³/mol. The monoisotopic (exact) mass is 438 g/mol. The van der Waals surface area contributed by atoms with E-state index in [0.717, 1.165) is 29.0 Å². The third-order valence-corrected chi connectivity index (χ3v) is 5.33. The molecule has 0 bridgehead atoms. The molecule has 0 radical (unpaired) electrons. The minimum atomic E-state index is -4.86. The Morgan fingerprint density at radius 3 is 2.43 bits per heavy atom. The third kappa shape index (κ3) is 4.70. The zero-order valence-electron chi connectivity index (χ0n) is 15.9. The van der Waals surface area contributed by atoms with Gasteiger partial charge in [-0.15, -0.1) is 13.2 Å². The van der Waals surface area contributed by atoms with Crippen molar-refractivity contribution >= 4 is 33.4 Å². The van der Waals surface area contributed by atoms with Gasteiger partial charge in [-0.05, 0) is 43.7 Å². The molecule has 30 heavy (non-hydrogen) atoms. The van der Waals surface area contributed by atoms with Crippen LogP contribution in [0.15, 0.2) is 47.5 Å². The lowest BCUT2D eigenvalue weighted by Crippen LogP contribution is -2.27. The Morgan fingerprint density at radius 2 is 1.87 bits per heavy atom. The number of carbonyl (C=O) groups excluding carboxylic acids is 1. The van der Waals surface area contributed by atoms with Crippen LogP contribution in [0.4, 0.5) is 13.2 Å². The van der Waals surface area contributed by atoms with Crippen molar-refractivity contribution in [3.8, 4) is 5.75 Å². The summed E-state index contributed by atoms with van der Waals surface area (Å²) in [5.74, 6) is -2.16. The number of hydrogen-bond acceptors (Lipinski definition) is 4. The van der Waals surface area contributed by atoms with Crippen molar-refractivity contribution in [3.63, 3.8) is 0 Å². The number of aryl methyl sites for hydroxylation is 1. The van der Waals surface area contributed by atoms with Gasteiger partial charge in [0.25, 0.3) is 5.91 Å². The number of ether oxygens (including phenoxy) is 1. The molecule has 0 aliphatic heterocycles. The third-order valence-electron chi connectivity index (χ3n) is 4.31. The zero-order valence-corrected chi connectivity index (χ0v) is 16.8. The van der Waals surface area contributed by atoms with Crippen molar-refractivity contribution in [2.75, 3.05) is 0 Å². The summed E-state index contributed by atoms with van der Waals surface area (Å²) in [6, 6.07) is 9.22. The van der Waals surface area contributed by atoms with E-state index in [-0.39, 0.29) is 11.2 Å². The highest BCUT2D eigenvalue weighted by molar-refractivity contribution is 7.16. The van der Waals surface area contributed by atoms with Gasteiger partial charge >= 0.3 is 12.3 Å². The van der Waals surface area contributed by atoms with Crippen LogP contribution in [0.3, 0.4) is 0 Å². The van der Waals surface area contributed by atoms with Crippen LogP contribution < -0.4 is 9.54 Å². The number of fused-ring (bicyclic) bond motifs is 1. The quantitative estimate of drug-likeness (QED) is 0.627. The van der Waals surface area contributed by atoms with Gasteiger partial charge in [0.15, 0.2) is 4.80 Å². The first-order valence-corrected chi connectivity index (χ1v) is 9.70. The topological polar surface area (TPSA) is 80.9 Å². The predicted octanol–water partition coefficient (Wildman–Crippen LogP) is 4.69. The molecule has 0 aliphatic rings. The molecule has 2 aromatic carbocycles. The molecule has 1 N–H and O–H groups in total. The van der Waals surface area contributed by atoms with Crippen LogP contribution in [0, 0.1) is 6.92 Å². The Morgan fingerprint density at radius 1 is 1.20 bits per heavy atom. The molecule has 1 aromatic heterocycles. The summed E-state index contributed by atoms with van der Waals surface area (Å²) in [5, 5.41) is 9.60. The van der Waals surface area contributed by atoms with Gasteiger partial charge in [-0.1, -0.05) is 36.0 Å².